The van der Waals surface area contributed by atoms with Crippen molar-refractivity contribution in [2.24, 2.45) is 0 Å². The van der Waals surface area contributed by atoms with Crippen molar-refractivity contribution in [3.8, 4) is 11.4 Å². The third-order valence-electron chi connectivity index (χ3n) is 4.07. The summed E-state index contributed by atoms with van der Waals surface area (Å²) in [4.78, 5) is 9.00. The SMILES string of the molecule is CS(=O)(=O)c1ccc(-c2nccc(Nc3cc(C4CC4)[nH]n3)n2)cc1. The Labute approximate surface area is 145 Å². The molecule has 1 aromatic carbocycles. The van der Waals surface area contributed by atoms with Crippen LogP contribution in [0.15, 0.2) is 47.5 Å². The minimum absolute atomic E-state index is 0.273. The van der Waals surface area contributed by atoms with Gasteiger partial charge in [-0.3, -0.25) is 5.10 Å². The van der Waals surface area contributed by atoms with Gasteiger partial charge in [-0.1, -0.05) is 0 Å². The van der Waals surface area contributed by atoms with E-state index in [2.05, 4.69) is 25.5 Å². The lowest BCUT2D eigenvalue weighted by molar-refractivity contribution is 0.602. The van der Waals surface area contributed by atoms with Crippen LogP contribution < -0.4 is 5.32 Å². The molecule has 0 unspecified atom stereocenters. The summed E-state index contributed by atoms with van der Waals surface area (Å²) in [7, 11) is -3.22. The van der Waals surface area contributed by atoms with Crippen molar-refractivity contribution in [3.05, 3.63) is 48.3 Å². The van der Waals surface area contributed by atoms with Gasteiger partial charge < -0.3 is 5.32 Å². The van der Waals surface area contributed by atoms with E-state index in [0.717, 1.165) is 17.1 Å². The maximum Gasteiger partial charge on any atom is 0.175 e. The molecule has 0 amide bonds. The third-order valence-corrected chi connectivity index (χ3v) is 5.20. The van der Waals surface area contributed by atoms with Crippen LogP contribution in [0.1, 0.15) is 24.5 Å². The zero-order chi connectivity index (χ0) is 17.4. The molecule has 1 aliphatic carbocycles. The fourth-order valence-corrected chi connectivity index (χ4v) is 3.18. The van der Waals surface area contributed by atoms with Gasteiger partial charge in [-0.05, 0) is 43.2 Å². The monoisotopic (exact) mass is 355 g/mol. The Hall–Kier alpha value is -2.74. The van der Waals surface area contributed by atoms with E-state index in [9.17, 15) is 8.42 Å². The van der Waals surface area contributed by atoms with Gasteiger partial charge >= 0.3 is 0 Å². The molecule has 25 heavy (non-hydrogen) atoms. The highest BCUT2D eigenvalue weighted by Gasteiger charge is 2.25. The molecule has 2 aromatic heterocycles. The van der Waals surface area contributed by atoms with E-state index in [1.165, 1.54) is 19.1 Å². The molecule has 0 spiro atoms. The highest BCUT2D eigenvalue weighted by molar-refractivity contribution is 7.90. The number of aromatic nitrogens is 4. The van der Waals surface area contributed by atoms with Gasteiger partial charge in [-0.25, -0.2) is 18.4 Å². The van der Waals surface area contributed by atoms with Crippen LogP contribution in [-0.2, 0) is 9.84 Å². The van der Waals surface area contributed by atoms with E-state index in [4.69, 9.17) is 0 Å². The fraction of sp³-hybridized carbons (Fsp3) is 0.235. The zero-order valence-corrected chi connectivity index (χ0v) is 14.4. The topological polar surface area (TPSA) is 101 Å². The van der Waals surface area contributed by atoms with Crippen molar-refractivity contribution < 1.29 is 8.42 Å². The van der Waals surface area contributed by atoms with Gasteiger partial charge in [-0.2, -0.15) is 5.10 Å². The summed E-state index contributed by atoms with van der Waals surface area (Å²) in [5, 5.41) is 10.5. The number of hydrogen-bond donors (Lipinski definition) is 2. The molecule has 1 aliphatic rings. The van der Waals surface area contributed by atoms with E-state index in [1.807, 2.05) is 6.07 Å². The molecule has 4 rings (SSSR count). The lowest BCUT2D eigenvalue weighted by Crippen LogP contribution is -1.98. The smallest absolute Gasteiger partial charge is 0.175 e. The van der Waals surface area contributed by atoms with E-state index in [1.54, 1.807) is 36.5 Å². The molecule has 8 heteroatoms. The summed E-state index contributed by atoms with van der Waals surface area (Å²) >= 11 is 0. The number of nitrogens with zero attached hydrogens (tertiary/aromatic N) is 3. The number of benzene rings is 1. The maximum absolute atomic E-state index is 11.5. The number of sulfone groups is 1. The van der Waals surface area contributed by atoms with Crippen molar-refractivity contribution in [2.75, 3.05) is 11.6 Å². The Morgan fingerprint density at radius 3 is 2.56 bits per heavy atom. The number of nitrogens with one attached hydrogen (secondary N) is 2. The molecular formula is C17H17N5O2S. The number of H-pyrrole nitrogens is 1. The van der Waals surface area contributed by atoms with Crippen LogP contribution in [0.5, 0.6) is 0 Å². The summed E-state index contributed by atoms with van der Waals surface area (Å²) in [6, 6.07) is 10.3. The maximum atomic E-state index is 11.5. The van der Waals surface area contributed by atoms with Crippen molar-refractivity contribution in [3.63, 3.8) is 0 Å². The molecule has 128 valence electrons. The number of anilines is 2. The van der Waals surface area contributed by atoms with Crippen LogP contribution in [0.2, 0.25) is 0 Å². The Morgan fingerprint density at radius 2 is 1.88 bits per heavy atom. The first kappa shape index (κ1) is 15.8. The van der Waals surface area contributed by atoms with Gasteiger partial charge in [0.15, 0.2) is 21.5 Å². The lowest BCUT2D eigenvalue weighted by atomic mass is 10.2. The van der Waals surface area contributed by atoms with Crippen LogP contribution in [0.4, 0.5) is 11.6 Å². The minimum Gasteiger partial charge on any atom is -0.323 e. The van der Waals surface area contributed by atoms with Crippen molar-refractivity contribution in [1.29, 1.82) is 0 Å². The molecule has 1 saturated carbocycles. The summed E-state index contributed by atoms with van der Waals surface area (Å²) in [5.74, 6) is 2.48. The van der Waals surface area contributed by atoms with Crippen molar-refractivity contribution in [2.45, 2.75) is 23.7 Å². The Balaban J connectivity index is 1.56. The first-order valence-electron chi connectivity index (χ1n) is 7.95. The van der Waals surface area contributed by atoms with Gasteiger partial charge in [0.05, 0.1) is 4.90 Å². The van der Waals surface area contributed by atoms with Gasteiger partial charge in [0.1, 0.15) is 5.82 Å². The molecule has 0 saturated heterocycles. The Morgan fingerprint density at radius 1 is 1.12 bits per heavy atom. The molecule has 2 N–H and O–H groups in total. The number of aromatic amines is 1. The van der Waals surface area contributed by atoms with Gasteiger partial charge in [0.25, 0.3) is 0 Å². The molecule has 3 aromatic rings. The number of hydrogen-bond acceptors (Lipinski definition) is 6. The summed E-state index contributed by atoms with van der Waals surface area (Å²) in [6.45, 7) is 0. The molecule has 2 heterocycles. The molecule has 0 bridgehead atoms. The second-order valence-corrected chi connectivity index (χ2v) is 8.19. The van der Waals surface area contributed by atoms with E-state index in [0.29, 0.717) is 17.6 Å². The van der Waals surface area contributed by atoms with Gasteiger partial charge in [-0.15, -0.1) is 0 Å². The van der Waals surface area contributed by atoms with Crippen LogP contribution in [0.25, 0.3) is 11.4 Å². The quantitative estimate of drug-likeness (QED) is 0.730. The Kier molecular flexibility index (Phi) is 3.76. The lowest BCUT2D eigenvalue weighted by Gasteiger charge is -2.05. The van der Waals surface area contributed by atoms with E-state index in [-0.39, 0.29) is 4.90 Å². The van der Waals surface area contributed by atoms with E-state index >= 15 is 0 Å². The van der Waals surface area contributed by atoms with Crippen LogP contribution in [0, 0.1) is 0 Å². The van der Waals surface area contributed by atoms with Crippen LogP contribution in [0.3, 0.4) is 0 Å². The average Bonchev–Trinajstić information content (AvgIpc) is 3.35. The van der Waals surface area contributed by atoms with Gasteiger partial charge in [0.2, 0.25) is 0 Å². The largest absolute Gasteiger partial charge is 0.323 e. The molecule has 1 fully saturated rings. The second-order valence-electron chi connectivity index (χ2n) is 6.17. The summed E-state index contributed by atoms with van der Waals surface area (Å²) < 4.78 is 23.1. The predicted molar refractivity (Wildman–Crippen MR) is 94.4 cm³/mol. The average molecular weight is 355 g/mol. The normalized spacial score (nSPS) is 14.4. The fourth-order valence-electron chi connectivity index (χ4n) is 2.55. The van der Waals surface area contributed by atoms with Crippen LogP contribution >= 0.6 is 0 Å². The predicted octanol–water partition coefficient (Wildman–Crippen LogP) is 2.89. The highest BCUT2D eigenvalue weighted by Crippen LogP contribution is 2.39. The second kappa shape index (κ2) is 5.96. The van der Waals surface area contributed by atoms with Crippen molar-refractivity contribution >= 4 is 21.5 Å². The van der Waals surface area contributed by atoms with Crippen molar-refractivity contribution in [1.82, 2.24) is 20.2 Å². The molecule has 0 atom stereocenters. The zero-order valence-electron chi connectivity index (χ0n) is 13.6. The molecule has 0 aliphatic heterocycles. The highest BCUT2D eigenvalue weighted by atomic mass is 32.2. The molecule has 0 radical (unpaired) electrons. The standard InChI is InChI=1S/C17H17N5O2S/c1-25(23,24)13-6-4-12(5-7-13)17-18-9-8-15(20-17)19-16-10-14(21-22-16)11-2-3-11/h4-11H,2-3H2,1H3,(H2,18,19,20,21,22). The third kappa shape index (κ3) is 3.53. The number of rotatable bonds is 5. The minimum atomic E-state index is -3.22. The molecular weight excluding hydrogens is 338 g/mol. The first-order valence-corrected chi connectivity index (χ1v) is 9.84. The Bertz CT molecular complexity index is 1010. The summed E-state index contributed by atoms with van der Waals surface area (Å²) in [5.41, 5.74) is 1.89. The molecule has 7 nitrogen and oxygen atoms in total. The van der Waals surface area contributed by atoms with Gasteiger partial charge in [0, 0.05) is 35.7 Å². The van der Waals surface area contributed by atoms with Crippen LogP contribution in [-0.4, -0.2) is 34.8 Å². The first-order chi connectivity index (χ1) is 12.0. The summed E-state index contributed by atoms with van der Waals surface area (Å²) in [6.07, 6.45) is 5.26. The van der Waals surface area contributed by atoms with E-state index < -0.39 is 9.84 Å².